The largest absolute Gasteiger partial charge is 0.328 e. The molecule has 0 radical (unpaired) electrons. The summed E-state index contributed by atoms with van der Waals surface area (Å²) in [6.07, 6.45) is 0.670. The first kappa shape index (κ1) is 12.8. The van der Waals surface area contributed by atoms with Crippen LogP contribution in [-0.2, 0) is 10.2 Å². The lowest BCUT2D eigenvalue weighted by molar-refractivity contribution is 0.404. The van der Waals surface area contributed by atoms with Gasteiger partial charge in [-0.2, -0.15) is 17.0 Å². The molecule has 0 rings (SSSR count). The van der Waals surface area contributed by atoms with Crippen LogP contribution in [0.15, 0.2) is 0 Å². The molecule has 1 unspecified atom stereocenters. The first-order valence-corrected chi connectivity index (χ1v) is 5.57. The average molecular weight is 209 g/mol. The molecule has 5 nitrogen and oxygen atoms in total. The summed E-state index contributed by atoms with van der Waals surface area (Å²) in [6, 6.07) is 0.0276. The molecule has 2 N–H and O–H groups in total. The fraction of sp³-hybridized carbons (Fsp3) is 1.00. The molecule has 80 valence electrons. The first-order valence-electron chi connectivity index (χ1n) is 4.18. The smallest absolute Gasteiger partial charge is 0.281 e. The maximum Gasteiger partial charge on any atom is 0.281 e. The Morgan fingerprint density at radius 3 is 2.08 bits per heavy atom. The van der Waals surface area contributed by atoms with Gasteiger partial charge in [0, 0.05) is 33.7 Å². The van der Waals surface area contributed by atoms with Crippen LogP contribution < -0.4 is 5.73 Å². The van der Waals surface area contributed by atoms with Crippen molar-refractivity contribution in [2.24, 2.45) is 5.73 Å². The Balaban J connectivity index is 4.19. The van der Waals surface area contributed by atoms with Crippen molar-refractivity contribution in [2.75, 3.05) is 27.7 Å². The van der Waals surface area contributed by atoms with Crippen molar-refractivity contribution in [1.29, 1.82) is 0 Å². The second kappa shape index (κ2) is 4.90. The van der Waals surface area contributed by atoms with Gasteiger partial charge in [-0.15, -0.1) is 0 Å². The van der Waals surface area contributed by atoms with E-state index in [9.17, 15) is 8.42 Å². The molecule has 0 spiro atoms. The van der Waals surface area contributed by atoms with Gasteiger partial charge in [0.2, 0.25) is 0 Å². The molecule has 0 fully saturated rings. The van der Waals surface area contributed by atoms with Crippen LogP contribution in [-0.4, -0.2) is 50.8 Å². The number of nitrogens with two attached hydrogens (primary N) is 1. The Labute approximate surface area is 80.7 Å². The Morgan fingerprint density at radius 2 is 1.77 bits per heavy atom. The van der Waals surface area contributed by atoms with Crippen LogP contribution in [0.5, 0.6) is 0 Å². The number of hydrogen-bond acceptors (Lipinski definition) is 3. The minimum Gasteiger partial charge on any atom is -0.328 e. The van der Waals surface area contributed by atoms with E-state index in [2.05, 4.69) is 0 Å². The van der Waals surface area contributed by atoms with Crippen LogP contribution >= 0.6 is 0 Å². The van der Waals surface area contributed by atoms with E-state index in [4.69, 9.17) is 5.73 Å². The van der Waals surface area contributed by atoms with Gasteiger partial charge >= 0.3 is 0 Å². The van der Waals surface area contributed by atoms with Crippen molar-refractivity contribution in [1.82, 2.24) is 8.61 Å². The topological polar surface area (TPSA) is 66.6 Å². The summed E-state index contributed by atoms with van der Waals surface area (Å²) in [4.78, 5) is 0. The summed E-state index contributed by atoms with van der Waals surface area (Å²) in [7, 11) is 1.32. The van der Waals surface area contributed by atoms with E-state index in [-0.39, 0.29) is 6.04 Å². The van der Waals surface area contributed by atoms with Crippen molar-refractivity contribution >= 4 is 10.2 Å². The zero-order chi connectivity index (χ0) is 10.6. The molecular formula is C7H19N3O2S. The Hall–Kier alpha value is -0.170. The summed E-state index contributed by atoms with van der Waals surface area (Å²) in [5.74, 6) is 0. The van der Waals surface area contributed by atoms with Gasteiger partial charge < -0.3 is 5.73 Å². The molecule has 0 saturated heterocycles. The maximum atomic E-state index is 11.5. The van der Waals surface area contributed by atoms with Gasteiger partial charge in [0.1, 0.15) is 0 Å². The van der Waals surface area contributed by atoms with Crippen LogP contribution in [0.4, 0.5) is 0 Å². The molecule has 0 amide bonds. The molecule has 0 bridgehead atoms. The van der Waals surface area contributed by atoms with E-state index in [1.807, 2.05) is 6.92 Å². The summed E-state index contributed by atoms with van der Waals surface area (Å²) in [5.41, 5.74) is 5.52. The molecule has 0 aromatic rings. The van der Waals surface area contributed by atoms with E-state index in [0.29, 0.717) is 13.0 Å². The predicted octanol–water partition coefficient (Wildman–Crippen LogP) is -0.538. The van der Waals surface area contributed by atoms with Crippen molar-refractivity contribution < 1.29 is 8.42 Å². The Morgan fingerprint density at radius 1 is 1.31 bits per heavy atom. The van der Waals surface area contributed by atoms with Gasteiger partial charge in [-0.05, 0) is 13.3 Å². The Bertz CT molecular complexity index is 236. The van der Waals surface area contributed by atoms with E-state index in [1.165, 1.54) is 22.7 Å². The van der Waals surface area contributed by atoms with Crippen molar-refractivity contribution in [3.8, 4) is 0 Å². The van der Waals surface area contributed by atoms with Gasteiger partial charge in [-0.1, -0.05) is 0 Å². The van der Waals surface area contributed by atoms with Gasteiger partial charge in [-0.3, -0.25) is 0 Å². The highest BCUT2D eigenvalue weighted by atomic mass is 32.2. The molecule has 0 aliphatic carbocycles. The van der Waals surface area contributed by atoms with Gasteiger partial charge in [0.15, 0.2) is 0 Å². The van der Waals surface area contributed by atoms with E-state index in [0.717, 1.165) is 0 Å². The highest BCUT2D eigenvalue weighted by Gasteiger charge is 2.19. The third-order valence-corrected chi connectivity index (χ3v) is 3.65. The zero-order valence-electron chi connectivity index (χ0n) is 8.69. The third-order valence-electron chi connectivity index (χ3n) is 1.75. The van der Waals surface area contributed by atoms with Crippen LogP contribution in [0.3, 0.4) is 0 Å². The molecule has 6 heteroatoms. The second-order valence-corrected chi connectivity index (χ2v) is 5.63. The summed E-state index contributed by atoms with van der Waals surface area (Å²) >= 11 is 0. The standard InChI is InChI=1S/C7H19N3O2S/c1-7(8)5-6-10(4)13(11,12)9(2)3/h7H,5-6,8H2,1-4H3. The molecule has 0 aromatic heterocycles. The fourth-order valence-electron chi connectivity index (χ4n) is 0.780. The van der Waals surface area contributed by atoms with E-state index in [1.54, 1.807) is 7.05 Å². The molecule has 0 saturated carbocycles. The molecule has 0 heterocycles. The average Bonchev–Trinajstić information content (AvgIpc) is 1.99. The lowest BCUT2D eigenvalue weighted by atomic mass is 10.2. The van der Waals surface area contributed by atoms with Crippen molar-refractivity contribution in [2.45, 2.75) is 19.4 Å². The molecular weight excluding hydrogens is 190 g/mol. The third kappa shape index (κ3) is 4.04. The molecule has 1 atom stereocenters. The second-order valence-electron chi connectivity index (χ2n) is 3.38. The van der Waals surface area contributed by atoms with Crippen LogP contribution in [0.2, 0.25) is 0 Å². The molecule has 0 aliphatic rings. The minimum absolute atomic E-state index is 0.0276. The van der Waals surface area contributed by atoms with Crippen molar-refractivity contribution in [3.63, 3.8) is 0 Å². The van der Waals surface area contributed by atoms with Gasteiger partial charge in [0.05, 0.1) is 0 Å². The van der Waals surface area contributed by atoms with Gasteiger partial charge in [0.25, 0.3) is 10.2 Å². The molecule has 13 heavy (non-hydrogen) atoms. The maximum absolute atomic E-state index is 11.5. The quantitative estimate of drug-likeness (QED) is 0.661. The highest BCUT2D eigenvalue weighted by Crippen LogP contribution is 2.02. The van der Waals surface area contributed by atoms with E-state index < -0.39 is 10.2 Å². The lowest BCUT2D eigenvalue weighted by Gasteiger charge is -2.21. The highest BCUT2D eigenvalue weighted by molar-refractivity contribution is 7.86. The summed E-state index contributed by atoms with van der Waals surface area (Å²) < 4.78 is 25.4. The van der Waals surface area contributed by atoms with Crippen LogP contribution in [0, 0.1) is 0 Å². The Kier molecular flexibility index (Phi) is 4.83. The van der Waals surface area contributed by atoms with Gasteiger partial charge in [-0.25, -0.2) is 0 Å². The summed E-state index contributed by atoms with van der Waals surface area (Å²) in [6.45, 7) is 2.31. The normalized spacial score (nSPS) is 15.3. The number of hydrogen-bond donors (Lipinski definition) is 1. The van der Waals surface area contributed by atoms with Crippen LogP contribution in [0.1, 0.15) is 13.3 Å². The monoisotopic (exact) mass is 209 g/mol. The fourth-order valence-corrected chi connectivity index (χ4v) is 1.67. The van der Waals surface area contributed by atoms with Crippen LogP contribution in [0.25, 0.3) is 0 Å². The zero-order valence-corrected chi connectivity index (χ0v) is 9.50. The number of nitrogens with zero attached hydrogens (tertiary/aromatic N) is 2. The van der Waals surface area contributed by atoms with E-state index >= 15 is 0 Å². The number of rotatable bonds is 5. The SMILES string of the molecule is CC(N)CCN(C)S(=O)(=O)N(C)C. The predicted molar refractivity (Wildman–Crippen MR) is 53.5 cm³/mol. The molecule has 0 aromatic carbocycles. The molecule has 0 aliphatic heterocycles. The first-order chi connectivity index (χ1) is 5.78. The summed E-state index contributed by atoms with van der Waals surface area (Å²) in [5, 5.41) is 0. The lowest BCUT2D eigenvalue weighted by Crippen LogP contribution is -2.39. The minimum atomic E-state index is -3.26. The van der Waals surface area contributed by atoms with Crippen molar-refractivity contribution in [3.05, 3.63) is 0 Å².